The molecule has 1 unspecified atom stereocenters. The number of nitro benzene ring substituents is 1. The highest BCUT2D eigenvalue weighted by Gasteiger charge is 2.45. The summed E-state index contributed by atoms with van der Waals surface area (Å²) >= 11 is 3.29. The molecule has 2 rings (SSSR count). The number of nitro groups is 1. The Labute approximate surface area is 125 Å². The molecular weight excluding hydrogens is 326 g/mol. The third-order valence-corrected chi connectivity index (χ3v) is 4.16. The van der Waals surface area contributed by atoms with E-state index in [-0.39, 0.29) is 18.2 Å². The number of hydrogen-bond donors (Lipinski definition) is 1. The van der Waals surface area contributed by atoms with Crippen molar-refractivity contribution in [1.29, 1.82) is 5.26 Å². The van der Waals surface area contributed by atoms with Crippen molar-refractivity contribution in [1.82, 2.24) is 5.32 Å². The first-order valence-corrected chi connectivity index (χ1v) is 6.98. The van der Waals surface area contributed by atoms with Gasteiger partial charge in [0.1, 0.15) is 17.9 Å². The molecule has 1 atom stereocenters. The Morgan fingerprint density at radius 3 is 2.85 bits per heavy atom. The Morgan fingerprint density at radius 1 is 1.65 bits per heavy atom. The van der Waals surface area contributed by atoms with E-state index in [0.717, 1.165) is 12.8 Å². The summed E-state index contributed by atoms with van der Waals surface area (Å²) in [6.45, 7) is 0.157. The summed E-state index contributed by atoms with van der Waals surface area (Å²) in [5.41, 5.74) is -0.772. The van der Waals surface area contributed by atoms with E-state index in [1.54, 1.807) is 13.1 Å². The van der Waals surface area contributed by atoms with Gasteiger partial charge in [-0.05, 0) is 47.8 Å². The van der Waals surface area contributed by atoms with E-state index in [1.165, 1.54) is 12.1 Å². The zero-order chi connectivity index (χ0) is 14.8. The van der Waals surface area contributed by atoms with E-state index >= 15 is 0 Å². The van der Waals surface area contributed by atoms with Crippen LogP contribution in [0.15, 0.2) is 22.7 Å². The lowest BCUT2D eigenvalue weighted by Gasteiger charge is -2.26. The Bertz CT molecular complexity index is 568. The van der Waals surface area contributed by atoms with Gasteiger partial charge in [0, 0.05) is 6.07 Å². The topological polar surface area (TPSA) is 88.2 Å². The van der Waals surface area contributed by atoms with E-state index in [2.05, 4.69) is 27.3 Å². The van der Waals surface area contributed by atoms with E-state index < -0.39 is 10.5 Å². The highest BCUT2D eigenvalue weighted by atomic mass is 79.9. The van der Waals surface area contributed by atoms with Gasteiger partial charge in [-0.3, -0.25) is 15.4 Å². The molecule has 106 valence electrons. The summed E-state index contributed by atoms with van der Waals surface area (Å²) in [6, 6.07) is 6.59. The lowest BCUT2D eigenvalue weighted by Crippen LogP contribution is -2.49. The number of nitrogens with one attached hydrogen (secondary N) is 1. The zero-order valence-corrected chi connectivity index (χ0v) is 12.5. The number of likely N-dealkylation sites (N-methyl/N-ethyl adjacent to an activating group) is 1. The predicted octanol–water partition coefficient (Wildman–Crippen LogP) is 2.63. The summed E-state index contributed by atoms with van der Waals surface area (Å²) in [6.07, 6.45) is 1.99. The monoisotopic (exact) mass is 339 g/mol. The number of nitrogens with zero attached hydrogens (tertiary/aromatic N) is 2. The maximum absolute atomic E-state index is 10.8. The zero-order valence-electron chi connectivity index (χ0n) is 10.9. The van der Waals surface area contributed by atoms with Crippen molar-refractivity contribution < 1.29 is 9.66 Å². The predicted molar refractivity (Wildman–Crippen MR) is 76.4 cm³/mol. The lowest BCUT2D eigenvalue weighted by atomic mass is 9.96. The minimum Gasteiger partial charge on any atom is -0.489 e. The average molecular weight is 340 g/mol. The van der Waals surface area contributed by atoms with Crippen molar-refractivity contribution in [3.63, 3.8) is 0 Å². The van der Waals surface area contributed by atoms with Crippen LogP contribution in [0.5, 0.6) is 5.75 Å². The fourth-order valence-corrected chi connectivity index (χ4v) is 2.42. The van der Waals surface area contributed by atoms with Gasteiger partial charge in [-0.2, -0.15) is 5.26 Å². The van der Waals surface area contributed by atoms with Crippen LogP contribution in [0.1, 0.15) is 12.8 Å². The molecule has 0 radical (unpaired) electrons. The molecule has 1 aliphatic rings. The van der Waals surface area contributed by atoms with Gasteiger partial charge in [0.15, 0.2) is 0 Å². The summed E-state index contributed by atoms with van der Waals surface area (Å²) in [5.74, 6) is 0.643. The van der Waals surface area contributed by atoms with Gasteiger partial charge in [0.2, 0.25) is 0 Å². The van der Waals surface area contributed by atoms with Crippen LogP contribution >= 0.6 is 15.9 Å². The minimum absolute atomic E-state index is 0.0402. The summed E-state index contributed by atoms with van der Waals surface area (Å²) in [4.78, 5) is 10.3. The molecule has 7 heteroatoms. The molecule has 1 fully saturated rings. The quantitative estimate of drug-likeness (QED) is 0.635. The second-order valence-electron chi connectivity index (χ2n) is 4.77. The number of benzene rings is 1. The first kappa shape index (κ1) is 14.8. The smallest absolute Gasteiger partial charge is 0.273 e. The van der Waals surface area contributed by atoms with Gasteiger partial charge in [-0.1, -0.05) is 0 Å². The highest BCUT2D eigenvalue weighted by molar-refractivity contribution is 9.10. The van der Waals surface area contributed by atoms with Crippen molar-refractivity contribution in [3.05, 3.63) is 32.8 Å². The Hall–Kier alpha value is -1.65. The van der Waals surface area contributed by atoms with Crippen molar-refractivity contribution in [2.45, 2.75) is 18.4 Å². The van der Waals surface area contributed by atoms with Gasteiger partial charge < -0.3 is 4.74 Å². The van der Waals surface area contributed by atoms with Gasteiger partial charge in [0.05, 0.1) is 21.5 Å². The first-order chi connectivity index (χ1) is 9.52. The van der Waals surface area contributed by atoms with Gasteiger partial charge in [-0.15, -0.1) is 0 Å². The number of rotatable bonds is 6. The molecule has 0 saturated heterocycles. The molecule has 0 amide bonds. The molecule has 0 heterocycles. The number of ether oxygens (including phenoxy) is 1. The van der Waals surface area contributed by atoms with Crippen LogP contribution in [0.4, 0.5) is 5.69 Å². The Morgan fingerprint density at radius 2 is 2.35 bits per heavy atom. The molecule has 1 saturated carbocycles. The molecule has 1 aliphatic carbocycles. The summed E-state index contributed by atoms with van der Waals surface area (Å²) < 4.78 is 6.27. The van der Waals surface area contributed by atoms with Gasteiger partial charge in [-0.25, -0.2) is 0 Å². The molecule has 1 aromatic rings. The maximum Gasteiger partial charge on any atom is 0.273 e. The van der Waals surface area contributed by atoms with Crippen molar-refractivity contribution >= 4 is 21.6 Å². The average Bonchev–Trinajstić information content (AvgIpc) is 3.27. The second kappa shape index (κ2) is 5.77. The normalized spacial score (nSPS) is 17.1. The molecule has 1 N–H and O–H groups in total. The van der Waals surface area contributed by atoms with Crippen LogP contribution < -0.4 is 10.1 Å². The van der Waals surface area contributed by atoms with E-state index in [9.17, 15) is 15.4 Å². The number of halogens is 1. The standard InChI is InChI=1S/C13H14BrN3O3/c1-16-13(7-15,9-2-3-9)8-20-12-6-10(17(18)19)4-5-11(12)14/h4-6,9,16H,2-3,8H2,1H3. The molecule has 0 aliphatic heterocycles. The van der Waals surface area contributed by atoms with Gasteiger partial charge >= 0.3 is 0 Å². The highest BCUT2D eigenvalue weighted by Crippen LogP contribution is 2.40. The largest absolute Gasteiger partial charge is 0.489 e. The van der Waals surface area contributed by atoms with E-state index in [0.29, 0.717) is 10.2 Å². The third-order valence-electron chi connectivity index (χ3n) is 3.50. The Kier molecular flexibility index (Phi) is 4.26. The summed E-state index contributed by atoms with van der Waals surface area (Å²) in [5, 5.41) is 23.1. The van der Waals surface area contributed by atoms with E-state index in [4.69, 9.17) is 4.74 Å². The van der Waals surface area contributed by atoms with E-state index in [1.807, 2.05) is 0 Å². The molecule has 6 nitrogen and oxygen atoms in total. The van der Waals surface area contributed by atoms with Crippen LogP contribution in [0.25, 0.3) is 0 Å². The van der Waals surface area contributed by atoms with Crippen LogP contribution in [-0.2, 0) is 0 Å². The third kappa shape index (κ3) is 2.92. The Balaban J connectivity index is 2.16. The lowest BCUT2D eigenvalue weighted by molar-refractivity contribution is -0.385. The molecule has 0 aromatic heterocycles. The second-order valence-corrected chi connectivity index (χ2v) is 5.62. The number of hydrogen-bond acceptors (Lipinski definition) is 5. The van der Waals surface area contributed by atoms with Crippen LogP contribution in [0, 0.1) is 27.4 Å². The maximum atomic E-state index is 10.8. The molecule has 20 heavy (non-hydrogen) atoms. The molecule has 1 aromatic carbocycles. The number of non-ortho nitro benzene ring substituents is 1. The fourth-order valence-electron chi connectivity index (χ4n) is 2.06. The van der Waals surface area contributed by atoms with Crippen LogP contribution in [0.3, 0.4) is 0 Å². The molecular formula is C13H14BrN3O3. The first-order valence-electron chi connectivity index (χ1n) is 6.19. The van der Waals surface area contributed by atoms with Gasteiger partial charge in [0.25, 0.3) is 5.69 Å². The number of nitriles is 1. The summed E-state index contributed by atoms with van der Waals surface area (Å²) in [7, 11) is 1.73. The molecule has 0 spiro atoms. The SMILES string of the molecule is CNC(C#N)(COc1cc([N+](=O)[O-])ccc1Br)C1CC1. The van der Waals surface area contributed by atoms with Crippen molar-refractivity contribution in [2.75, 3.05) is 13.7 Å². The van der Waals surface area contributed by atoms with Crippen LogP contribution in [-0.4, -0.2) is 24.1 Å². The molecule has 0 bridgehead atoms. The van der Waals surface area contributed by atoms with Crippen molar-refractivity contribution in [3.8, 4) is 11.8 Å². The van der Waals surface area contributed by atoms with Crippen LogP contribution in [0.2, 0.25) is 0 Å². The van der Waals surface area contributed by atoms with Crippen molar-refractivity contribution in [2.24, 2.45) is 5.92 Å². The minimum atomic E-state index is -0.732. The fraction of sp³-hybridized carbons (Fsp3) is 0.462.